The van der Waals surface area contributed by atoms with Crippen LogP contribution in [0.2, 0.25) is 0 Å². The highest BCUT2D eigenvalue weighted by molar-refractivity contribution is 5.94. The number of benzene rings is 1. The Hall–Kier alpha value is -3.63. The molecule has 2 aliphatic rings. The van der Waals surface area contributed by atoms with Crippen LogP contribution >= 0.6 is 0 Å². The summed E-state index contributed by atoms with van der Waals surface area (Å²) in [6.45, 7) is 0. The van der Waals surface area contributed by atoms with E-state index in [1.807, 2.05) is 6.07 Å². The molecule has 5 rings (SSSR count). The van der Waals surface area contributed by atoms with Crippen LogP contribution in [-0.2, 0) is 17.4 Å². The molecule has 4 N–H and O–H groups in total. The first kappa shape index (κ1) is 20.3. The summed E-state index contributed by atoms with van der Waals surface area (Å²) in [5.41, 5.74) is 2.19. The van der Waals surface area contributed by atoms with Crippen LogP contribution in [0.15, 0.2) is 30.5 Å². The summed E-state index contributed by atoms with van der Waals surface area (Å²) in [6, 6.07) is 6.99. The Kier molecular flexibility index (Phi) is 4.95. The van der Waals surface area contributed by atoms with Gasteiger partial charge >= 0.3 is 6.18 Å². The van der Waals surface area contributed by atoms with Gasteiger partial charge < -0.3 is 16.0 Å². The molecule has 1 aliphatic carbocycles. The maximum Gasteiger partial charge on any atom is 0.421 e. The lowest BCUT2D eigenvalue weighted by Gasteiger charge is -2.23. The molecule has 1 aromatic carbocycles. The minimum Gasteiger partial charge on any atom is -0.326 e. The van der Waals surface area contributed by atoms with E-state index in [0.29, 0.717) is 24.4 Å². The third-order valence-corrected chi connectivity index (χ3v) is 5.74. The number of carbonyl (C=O) groups excluding carboxylic acids is 1. The molecule has 3 aromatic rings. The van der Waals surface area contributed by atoms with Crippen LogP contribution in [0.5, 0.6) is 0 Å². The van der Waals surface area contributed by atoms with E-state index >= 15 is 0 Å². The van der Waals surface area contributed by atoms with E-state index in [1.54, 1.807) is 18.2 Å². The van der Waals surface area contributed by atoms with Crippen molar-refractivity contribution in [2.24, 2.45) is 0 Å². The van der Waals surface area contributed by atoms with Gasteiger partial charge in [0.2, 0.25) is 11.9 Å². The van der Waals surface area contributed by atoms with Crippen LogP contribution in [0.3, 0.4) is 0 Å². The second-order valence-electron chi connectivity index (χ2n) is 7.96. The number of H-pyrrole nitrogens is 1. The van der Waals surface area contributed by atoms with Gasteiger partial charge in [0.25, 0.3) is 0 Å². The van der Waals surface area contributed by atoms with Crippen LogP contribution in [0.1, 0.15) is 48.4 Å². The van der Waals surface area contributed by atoms with Crippen molar-refractivity contribution < 1.29 is 18.0 Å². The van der Waals surface area contributed by atoms with Crippen molar-refractivity contribution in [3.63, 3.8) is 0 Å². The van der Waals surface area contributed by atoms with Crippen LogP contribution in [0.25, 0.3) is 0 Å². The van der Waals surface area contributed by atoms with Crippen molar-refractivity contribution in [2.45, 2.75) is 44.2 Å². The SMILES string of the molecule is O=C1CCc2cc(Nc3ncc(C(F)(F)F)c(Nc4cc(C5CCC5)[nH]n4)n3)ccc2N1. The van der Waals surface area contributed by atoms with E-state index in [-0.39, 0.29) is 23.5 Å². The van der Waals surface area contributed by atoms with Gasteiger partial charge in [-0.15, -0.1) is 0 Å². The molecule has 0 radical (unpaired) electrons. The molecule has 11 heteroatoms. The van der Waals surface area contributed by atoms with Crippen LogP contribution < -0.4 is 16.0 Å². The van der Waals surface area contributed by atoms with Crippen molar-refractivity contribution in [3.8, 4) is 0 Å². The van der Waals surface area contributed by atoms with E-state index in [4.69, 9.17) is 0 Å². The van der Waals surface area contributed by atoms with Gasteiger partial charge in [0.05, 0.1) is 0 Å². The van der Waals surface area contributed by atoms with Crippen molar-refractivity contribution in [2.75, 3.05) is 16.0 Å². The first-order chi connectivity index (χ1) is 15.3. The van der Waals surface area contributed by atoms with Crippen LogP contribution in [0, 0.1) is 0 Å². The van der Waals surface area contributed by atoms with E-state index in [0.717, 1.165) is 42.4 Å². The van der Waals surface area contributed by atoms with E-state index < -0.39 is 11.7 Å². The summed E-state index contributed by atoms with van der Waals surface area (Å²) < 4.78 is 40.6. The predicted molar refractivity (Wildman–Crippen MR) is 112 cm³/mol. The smallest absolute Gasteiger partial charge is 0.326 e. The molecule has 0 atom stereocenters. The van der Waals surface area contributed by atoms with Gasteiger partial charge in [-0.05, 0) is 43.0 Å². The predicted octanol–water partition coefficient (Wildman–Crippen LogP) is 4.86. The van der Waals surface area contributed by atoms with Gasteiger partial charge in [0, 0.05) is 41.7 Å². The van der Waals surface area contributed by atoms with Crippen LogP contribution in [0.4, 0.5) is 42.1 Å². The molecule has 1 fully saturated rings. The summed E-state index contributed by atoms with van der Waals surface area (Å²) in [4.78, 5) is 19.4. The maximum absolute atomic E-state index is 13.5. The topological polar surface area (TPSA) is 108 Å². The fourth-order valence-corrected chi connectivity index (χ4v) is 3.79. The molecular formula is C21H20F3N7O. The summed E-state index contributed by atoms with van der Waals surface area (Å²) in [5, 5.41) is 15.4. The van der Waals surface area contributed by atoms with Gasteiger partial charge in [0.1, 0.15) is 11.4 Å². The molecule has 0 bridgehead atoms. The summed E-state index contributed by atoms with van der Waals surface area (Å²) in [7, 11) is 0. The highest BCUT2D eigenvalue weighted by Gasteiger charge is 2.35. The molecule has 0 saturated heterocycles. The minimum atomic E-state index is -4.63. The average Bonchev–Trinajstić information content (AvgIpc) is 3.13. The Bertz CT molecular complexity index is 1170. The highest BCUT2D eigenvalue weighted by Crippen LogP contribution is 2.38. The number of anilines is 5. The number of alkyl halides is 3. The molecule has 32 heavy (non-hydrogen) atoms. The maximum atomic E-state index is 13.5. The van der Waals surface area contributed by atoms with E-state index in [9.17, 15) is 18.0 Å². The highest BCUT2D eigenvalue weighted by atomic mass is 19.4. The standard InChI is InChI=1S/C21H20F3N7O/c22-21(23,24)14-10-25-20(26-13-5-6-15-12(8-13)4-7-18(32)27-15)29-19(14)28-17-9-16(30-31-17)11-2-1-3-11/h5-6,8-11H,1-4,7H2,(H,27,32)(H3,25,26,28,29,30,31). The van der Waals surface area contributed by atoms with Crippen molar-refractivity contribution in [3.05, 3.63) is 47.3 Å². The van der Waals surface area contributed by atoms with Gasteiger partial charge in [-0.3, -0.25) is 9.89 Å². The monoisotopic (exact) mass is 443 g/mol. The molecule has 3 heterocycles. The second kappa shape index (κ2) is 7.81. The number of aromatic amines is 1. The number of carbonyl (C=O) groups is 1. The Morgan fingerprint density at radius 2 is 1.94 bits per heavy atom. The summed E-state index contributed by atoms with van der Waals surface area (Å²) in [5.74, 6) is 0.226. The number of hydrogen-bond acceptors (Lipinski definition) is 6. The summed E-state index contributed by atoms with van der Waals surface area (Å²) in [6.07, 6.45) is 0.311. The fraction of sp³-hybridized carbons (Fsp3) is 0.333. The molecular weight excluding hydrogens is 423 g/mol. The minimum absolute atomic E-state index is 0.00930. The summed E-state index contributed by atoms with van der Waals surface area (Å²) >= 11 is 0. The van der Waals surface area contributed by atoms with Gasteiger partial charge in [0.15, 0.2) is 5.82 Å². The zero-order valence-electron chi connectivity index (χ0n) is 16.9. The Morgan fingerprint density at radius 3 is 2.69 bits per heavy atom. The third-order valence-electron chi connectivity index (χ3n) is 5.74. The molecule has 0 spiro atoms. The Labute approximate surface area is 181 Å². The fourth-order valence-electron chi connectivity index (χ4n) is 3.79. The number of nitrogens with one attached hydrogen (secondary N) is 4. The Balaban J connectivity index is 1.40. The van der Waals surface area contributed by atoms with Crippen molar-refractivity contribution >= 4 is 34.9 Å². The number of nitrogens with zero attached hydrogens (tertiary/aromatic N) is 3. The van der Waals surface area contributed by atoms with Gasteiger partial charge in [-0.2, -0.15) is 23.3 Å². The molecule has 8 nitrogen and oxygen atoms in total. The number of halogens is 3. The molecule has 166 valence electrons. The number of fused-ring (bicyclic) bond motifs is 1. The number of aromatic nitrogens is 4. The lowest BCUT2D eigenvalue weighted by Crippen LogP contribution is -2.18. The molecule has 2 aromatic heterocycles. The van der Waals surface area contributed by atoms with Gasteiger partial charge in [-0.1, -0.05) is 6.42 Å². The average molecular weight is 443 g/mol. The second-order valence-corrected chi connectivity index (χ2v) is 7.96. The lowest BCUT2D eigenvalue weighted by atomic mass is 9.83. The van der Waals surface area contributed by atoms with E-state index in [2.05, 4.69) is 36.1 Å². The number of amides is 1. The first-order valence-electron chi connectivity index (χ1n) is 10.3. The number of aryl methyl sites for hydroxylation is 1. The molecule has 1 saturated carbocycles. The van der Waals surface area contributed by atoms with Crippen molar-refractivity contribution in [1.29, 1.82) is 0 Å². The molecule has 0 unspecified atom stereocenters. The largest absolute Gasteiger partial charge is 0.421 e. The van der Waals surface area contributed by atoms with E-state index in [1.165, 1.54) is 0 Å². The Morgan fingerprint density at radius 1 is 1.09 bits per heavy atom. The number of hydrogen-bond donors (Lipinski definition) is 4. The quantitative estimate of drug-likeness (QED) is 0.449. The normalized spacial score (nSPS) is 16.2. The zero-order valence-corrected chi connectivity index (χ0v) is 16.9. The molecule has 1 aliphatic heterocycles. The first-order valence-corrected chi connectivity index (χ1v) is 10.3. The molecule has 1 amide bonds. The van der Waals surface area contributed by atoms with Crippen molar-refractivity contribution in [1.82, 2.24) is 20.2 Å². The van der Waals surface area contributed by atoms with Crippen LogP contribution in [-0.4, -0.2) is 26.1 Å². The lowest BCUT2D eigenvalue weighted by molar-refractivity contribution is -0.137. The zero-order chi connectivity index (χ0) is 22.3. The van der Waals surface area contributed by atoms with Gasteiger partial charge in [-0.25, -0.2) is 4.98 Å². The number of rotatable bonds is 5. The third kappa shape index (κ3) is 4.10.